The first-order chi connectivity index (χ1) is 5.86. The van der Waals surface area contributed by atoms with Crippen LogP contribution in [-0.2, 0) is 25.9 Å². The molecule has 0 amide bonds. The van der Waals surface area contributed by atoms with Crippen LogP contribution >= 0.6 is 27.8 Å². The third-order valence-corrected chi connectivity index (χ3v) is 4.36. The van der Waals surface area contributed by atoms with E-state index in [0.717, 1.165) is 5.30 Å². The summed E-state index contributed by atoms with van der Waals surface area (Å²) >= 11 is 12.4. The number of carbonyl (C=O) groups is 1. The van der Waals surface area contributed by atoms with E-state index in [1.165, 1.54) is 0 Å². The van der Waals surface area contributed by atoms with Crippen LogP contribution in [0.5, 0.6) is 0 Å². The number of carbonyl (C=O) groups excluding carboxylic acids is 1. The van der Waals surface area contributed by atoms with Gasteiger partial charge in [0.25, 0.3) is 0 Å². The first-order valence-corrected chi connectivity index (χ1v) is 8.60. The Labute approximate surface area is 109 Å². The van der Waals surface area contributed by atoms with Crippen LogP contribution in [-0.4, -0.2) is 20.1 Å². The van der Waals surface area contributed by atoms with Crippen LogP contribution in [0.25, 0.3) is 0 Å². The van der Waals surface area contributed by atoms with Crippen molar-refractivity contribution < 1.29 is 25.9 Å². The van der Waals surface area contributed by atoms with Crippen molar-refractivity contribution >= 4 is 39.9 Å². The van der Waals surface area contributed by atoms with E-state index < -0.39 is 5.31 Å². The van der Waals surface area contributed by atoms with Gasteiger partial charge in [-0.3, -0.25) is 0 Å². The van der Waals surface area contributed by atoms with Crippen LogP contribution in [0.15, 0.2) is 30.3 Å². The molecule has 1 aromatic rings. The maximum absolute atomic E-state index is 8.00. The standard InChI is InChI=1S/C8H11Cl2P.CH2O.Pt/c1-11(2,9,10)8-6-4-3-5-7-8;1-2;/h3-7H,1-2H3;1H2;. The van der Waals surface area contributed by atoms with Crippen molar-refractivity contribution in [3.05, 3.63) is 30.3 Å². The van der Waals surface area contributed by atoms with E-state index in [1.807, 2.05) is 50.5 Å². The van der Waals surface area contributed by atoms with Gasteiger partial charge in [-0.25, -0.2) is 0 Å². The molecule has 0 bridgehead atoms. The Morgan fingerprint density at radius 3 is 1.64 bits per heavy atom. The molecule has 0 atom stereocenters. The van der Waals surface area contributed by atoms with Crippen LogP contribution in [0.4, 0.5) is 0 Å². The number of benzene rings is 1. The molecule has 0 saturated heterocycles. The molecule has 0 aliphatic carbocycles. The second kappa shape index (κ2) is 6.23. The first-order valence-electron chi connectivity index (χ1n) is 3.66. The molecule has 1 nitrogen and oxygen atoms in total. The fourth-order valence-corrected chi connectivity index (χ4v) is 2.51. The fraction of sp³-hybridized carbons (Fsp3) is 0.222. The quantitative estimate of drug-likeness (QED) is 0.621. The summed E-state index contributed by atoms with van der Waals surface area (Å²) in [6.45, 7) is 5.81. The van der Waals surface area contributed by atoms with Gasteiger partial charge < -0.3 is 4.79 Å². The monoisotopic (exact) mass is 433 g/mol. The van der Waals surface area contributed by atoms with Gasteiger partial charge in [-0.2, -0.15) is 0 Å². The second-order valence-electron chi connectivity index (χ2n) is 3.14. The zero-order valence-corrected chi connectivity index (χ0v) is 12.7. The molecule has 14 heavy (non-hydrogen) atoms. The number of hydrogen-bond donors (Lipinski definition) is 0. The molecule has 84 valence electrons. The zero-order chi connectivity index (χ0) is 10.6. The molecule has 0 radical (unpaired) electrons. The molecule has 0 aliphatic heterocycles. The van der Waals surface area contributed by atoms with Crippen molar-refractivity contribution in [3.63, 3.8) is 0 Å². The van der Waals surface area contributed by atoms with Crippen molar-refractivity contribution in [1.29, 1.82) is 0 Å². The summed E-state index contributed by atoms with van der Waals surface area (Å²) < 4.78 is 0. The van der Waals surface area contributed by atoms with Gasteiger partial charge in [0.2, 0.25) is 0 Å². The molecule has 0 aliphatic rings. The van der Waals surface area contributed by atoms with E-state index in [2.05, 4.69) is 0 Å². The summed E-state index contributed by atoms with van der Waals surface area (Å²) in [5.41, 5.74) is 0. The Balaban J connectivity index is 0. The largest absolute Gasteiger partial charge is 0 e. The Hall–Kier alpha value is 0.588. The Bertz CT molecular complexity index is 262. The molecule has 0 N–H and O–H groups in total. The molecule has 0 fully saturated rings. The van der Waals surface area contributed by atoms with E-state index >= 15 is 0 Å². The summed E-state index contributed by atoms with van der Waals surface area (Å²) in [7, 11) is 0. The normalized spacial score (nSPS) is 12.4. The second-order valence-corrected chi connectivity index (χ2v) is 13.9. The fourth-order valence-electron chi connectivity index (χ4n) is 0.839. The molecule has 1 aromatic carbocycles. The summed E-state index contributed by atoms with van der Waals surface area (Å²) in [5, 5.41) is -1.50. The van der Waals surface area contributed by atoms with Crippen molar-refractivity contribution in [2.75, 3.05) is 13.3 Å². The van der Waals surface area contributed by atoms with Crippen molar-refractivity contribution in [2.45, 2.75) is 0 Å². The third kappa shape index (κ3) is 6.14. The minimum atomic E-state index is -2.55. The van der Waals surface area contributed by atoms with Crippen molar-refractivity contribution in [3.8, 4) is 0 Å². The predicted octanol–water partition coefficient (Wildman–Crippen LogP) is 3.25. The average Bonchev–Trinajstić information content (AvgIpc) is 2.07. The van der Waals surface area contributed by atoms with Gasteiger partial charge in [-0.05, 0) is 0 Å². The zero-order valence-electron chi connectivity index (χ0n) is 8.02. The molecule has 0 spiro atoms. The van der Waals surface area contributed by atoms with Gasteiger partial charge in [-0.1, -0.05) is 0 Å². The van der Waals surface area contributed by atoms with Crippen molar-refractivity contribution in [1.82, 2.24) is 0 Å². The maximum Gasteiger partial charge on any atom is 0 e. The minimum Gasteiger partial charge on any atom is 0 e. The molecular formula is C9H13Cl2OPPt. The SMILES string of the molecule is C=O.CP(C)(Cl)(Cl)c1ccccc1.[Pt]. The van der Waals surface area contributed by atoms with Crippen LogP contribution in [0.3, 0.4) is 0 Å². The van der Waals surface area contributed by atoms with Crippen LogP contribution < -0.4 is 5.30 Å². The first kappa shape index (κ1) is 17.0. The van der Waals surface area contributed by atoms with Gasteiger partial charge in [0.05, 0.1) is 0 Å². The van der Waals surface area contributed by atoms with E-state index in [4.69, 9.17) is 27.3 Å². The Kier molecular flexibility index (Phi) is 7.57. The van der Waals surface area contributed by atoms with E-state index in [-0.39, 0.29) is 21.1 Å². The average molecular weight is 434 g/mol. The number of rotatable bonds is 1. The molecule has 0 heterocycles. The third-order valence-electron chi connectivity index (χ3n) is 1.47. The molecule has 0 aromatic heterocycles. The summed E-state index contributed by atoms with van der Waals surface area (Å²) in [6.07, 6.45) is 0. The maximum atomic E-state index is 8.00. The number of hydrogen-bond acceptors (Lipinski definition) is 1. The number of halogens is 2. The van der Waals surface area contributed by atoms with Gasteiger partial charge in [-0.15, -0.1) is 0 Å². The van der Waals surface area contributed by atoms with Gasteiger partial charge in [0.15, 0.2) is 0 Å². The summed E-state index contributed by atoms with van der Waals surface area (Å²) in [6, 6.07) is 9.80. The summed E-state index contributed by atoms with van der Waals surface area (Å²) in [4.78, 5) is 8.00. The van der Waals surface area contributed by atoms with Crippen molar-refractivity contribution in [2.24, 2.45) is 0 Å². The van der Waals surface area contributed by atoms with Gasteiger partial charge in [0.1, 0.15) is 6.79 Å². The van der Waals surface area contributed by atoms with E-state index in [1.54, 1.807) is 0 Å². The molecule has 0 saturated carbocycles. The smallest absolute Gasteiger partial charge is 0 e. The topological polar surface area (TPSA) is 17.1 Å². The summed E-state index contributed by atoms with van der Waals surface area (Å²) in [5.74, 6) is 0. The minimum absolute atomic E-state index is 0. The van der Waals surface area contributed by atoms with Gasteiger partial charge in [0, 0.05) is 21.1 Å². The predicted molar refractivity (Wildman–Crippen MR) is 63.7 cm³/mol. The molecule has 1 rings (SSSR count). The van der Waals surface area contributed by atoms with Crippen LogP contribution in [0, 0.1) is 0 Å². The Morgan fingerprint density at radius 2 is 1.43 bits per heavy atom. The molecular weight excluding hydrogens is 421 g/mol. The van der Waals surface area contributed by atoms with E-state index in [0.29, 0.717) is 0 Å². The molecule has 5 heteroatoms. The van der Waals surface area contributed by atoms with Gasteiger partial charge >= 0.3 is 76.8 Å². The Morgan fingerprint density at radius 1 is 1.07 bits per heavy atom. The van der Waals surface area contributed by atoms with E-state index in [9.17, 15) is 0 Å². The van der Waals surface area contributed by atoms with Crippen LogP contribution in [0.1, 0.15) is 0 Å². The van der Waals surface area contributed by atoms with Crippen LogP contribution in [0.2, 0.25) is 0 Å². The molecule has 0 unspecified atom stereocenters.